The van der Waals surface area contributed by atoms with E-state index in [0.29, 0.717) is 13.0 Å². The van der Waals surface area contributed by atoms with Gasteiger partial charge in [-0.1, -0.05) is 90.4 Å². The average Bonchev–Trinajstić information content (AvgIpc) is 2.91. The Kier molecular flexibility index (Phi) is 21.3. The van der Waals surface area contributed by atoms with Gasteiger partial charge >= 0.3 is 5.97 Å². The Morgan fingerprint density at radius 2 is 1.65 bits per heavy atom. The second kappa shape index (κ2) is 22.6. The summed E-state index contributed by atoms with van der Waals surface area (Å²) in [6, 6.07) is 0. The van der Waals surface area contributed by atoms with Crippen molar-refractivity contribution in [1.82, 2.24) is 0 Å². The lowest BCUT2D eigenvalue weighted by molar-refractivity contribution is -0.154. The van der Waals surface area contributed by atoms with E-state index in [1.165, 1.54) is 108 Å². The van der Waals surface area contributed by atoms with Crippen molar-refractivity contribution in [3.8, 4) is 0 Å². The van der Waals surface area contributed by atoms with E-state index in [-0.39, 0.29) is 12.7 Å². The molecule has 37 heavy (non-hydrogen) atoms. The smallest absolute Gasteiger partial charge is 0.350 e. The summed E-state index contributed by atoms with van der Waals surface area (Å²) in [5.41, 5.74) is 0. The highest BCUT2D eigenvalue weighted by Gasteiger charge is 2.37. The largest absolute Gasteiger partial charge is 0.478 e. The zero-order valence-corrected chi connectivity index (χ0v) is 25.4. The summed E-state index contributed by atoms with van der Waals surface area (Å²) in [5, 5.41) is 16.0. The van der Waals surface area contributed by atoms with E-state index in [9.17, 15) is 14.5 Å². The van der Waals surface area contributed by atoms with Crippen molar-refractivity contribution in [2.75, 3.05) is 31.3 Å². The fourth-order valence-corrected chi connectivity index (χ4v) is 6.54. The van der Waals surface area contributed by atoms with Gasteiger partial charge in [-0.3, -0.25) is 4.57 Å². The summed E-state index contributed by atoms with van der Waals surface area (Å²) in [7, 11) is -0.869. The highest BCUT2D eigenvalue weighted by atomic mass is 32.2. The van der Waals surface area contributed by atoms with E-state index in [4.69, 9.17) is 14.6 Å². The molecular formula is C29H55O6PS. The Hall–Kier alpha value is -0.200. The van der Waals surface area contributed by atoms with Gasteiger partial charge in [0.1, 0.15) is 0 Å². The van der Waals surface area contributed by atoms with Crippen molar-refractivity contribution in [3.05, 3.63) is 0 Å². The molecule has 3 atom stereocenters. The van der Waals surface area contributed by atoms with Crippen molar-refractivity contribution in [2.45, 2.75) is 134 Å². The topological polar surface area (TPSA) is 93.1 Å². The van der Waals surface area contributed by atoms with Gasteiger partial charge in [0.05, 0.1) is 12.7 Å². The summed E-state index contributed by atoms with van der Waals surface area (Å²) < 4.78 is 21.7. The molecule has 0 saturated heterocycles. The number of carbonyl (C=O) groups is 1. The molecule has 8 heteroatoms. The maximum Gasteiger partial charge on any atom is 0.350 e. The van der Waals surface area contributed by atoms with Crippen LogP contribution in [0.5, 0.6) is 0 Å². The molecule has 1 saturated carbocycles. The Balaban J connectivity index is 1.91. The second-order valence-electron chi connectivity index (χ2n) is 10.9. The van der Waals surface area contributed by atoms with Crippen LogP contribution in [0, 0.1) is 11.8 Å². The molecule has 1 fully saturated rings. The number of hydrogen-bond acceptors (Lipinski definition) is 6. The maximum absolute atomic E-state index is 10.8. The van der Waals surface area contributed by atoms with Crippen LogP contribution < -0.4 is 0 Å². The number of aliphatic hydroxyl groups is 1. The Labute approximate surface area is 232 Å². The van der Waals surface area contributed by atoms with Gasteiger partial charge in [-0.05, 0) is 55.9 Å². The molecule has 1 aliphatic rings. The Morgan fingerprint density at radius 3 is 2.32 bits per heavy atom. The molecule has 0 amide bonds. The maximum atomic E-state index is 10.8. The van der Waals surface area contributed by atoms with Crippen molar-refractivity contribution >= 4 is 26.2 Å². The standard InChI is InChI=1S/C29H55O6PS/c1-3-4-16-27(26-17-11-9-12-18-26)19-23-37-22-13-8-6-5-7-10-15-25(2)35-21-14-20-34-24-29(32,36-33)28(30)31/h25-27,32H,3-24H2,1-2H3,(H,30,31). The van der Waals surface area contributed by atoms with Gasteiger partial charge in [0.15, 0.2) is 0 Å². The third kappa shape index (κ3) is 17.2. The molecule has 1 aliphatic carbocycles. The first kappa shape index (κ1) is 34.8. The molecule has 2 N–H and O–H groups in total. The Bertz CT molecular complexity index is 575. The van der Waals surface area contributed by atoms with Gasteiger partial charge in [-0.25, -0.2) is 4.79 Å². The van der Waals surface area contributed by atoms with Gasteiger partial charge in [0, 0.05) is 13.2 Å². The van der Waals surface area contributed by atoms with E-state index in [2.05, 4.69) is 25.6 Å². The number of ether oxygens (including phenoxy) is 2. The summed E-state index contributed by atoms with van der Waals surface area (Å²) >= 11 is 2.19. The summed E-state index contributed by atoms with van der Waals surface area (Å²) in [5.74, 6) is 3.14. The van der Waals surface area contributed by atoms with Crippen molar-refractivity contribution in [3.63, 3.8) is 0 Å². The fraction of sp³-hybridized carbons (Fsp3) is 0.966. The van der Waals surface area contributed by atoms with Crippen LogP contribution in [0.25, 0.3) is 0 Å². The third-order valence-electron chi connectivity index (χ3n) is 7.66. The monoisotopic (exact) mass is 562 g/mol. The van der Waals surface area contributed by atoms with E-state index < -0.39 is 26.4 Å². The molecule has 0 aromatic carbocycles. The number of unbranched alkanes of at least 4 members (excludes halogenated alkanes) is 6. The lowest BCUT2D eigenvalue weighted by atomic mass is 9.77. The van der Waals surface area contributed by atoms with Gasteiger partial charge in [-0.2, -0.15) is 11.8 Å². The number of thioether (sulfide) groups is 1. The van der Waals surface area contributed by atoms with Crippen LogP contribution in [0.15, 0.2) is 0 Å². The zero-order valence-electron chi connectivity index (χ0n) is 23.7. The first-order chi connectivity index (χ1) is 17.9. The van der Waals surface area contributed by atoms with Crippen LogP contribution in [0.4, 0.5) is 0 Å². The van der Waals surface area contributed by atoms with E-state index >= 15 is 0 Å². The fourth-order valence-electron chi connectivity index (χ4n) is 5.24. The molecule has 0 spiro atoms. The molecule has 0 aliphatic heterocycles. The second-order valence-corrected chi connectivity index (χ2v) is 13.1. The van der Waals surface area contributed by atoms with Crippen LogP contribution >= 0.6 is 20.2 Å². The molecule has 3 unspecified atom stereocenters. The van der Waals surface area contributed by atoms with Crippen molar-refractivity contribution in [2.24, 2.45) is 11.8 Å². The minimum absolute atomic E-state index is 0.197. The van der Waals surface area contributed by atoms with Gasteiger partial charge in [0.2, 0.25) is 8.46 Å². The minimum Gasteiger partial charge on any atom is -0.478 e. The summed E-state index contributed by atoms with van der Waals surface area (Å²) in [6.07, 6.45) is 22.7. The molecule has 6 nitrogen and oxygen atoms in total. The van der Waals surface area contributed by atoms with E-state index in [0.717, 1.165) is 18.3 Å². The molecule has 0 heterocycles. The van der Waals surface area contributed by atoms with Gasteiger partial charge in [-0.15, -0.1) is 0 Å². The van der Waals surface area contributed by atoms with Crippen molar-refractivity contribution in [1.29, 1.82) is 0 Å². The number of carboxylic acid groups (broad SMARTS) is 1. The normalized spacial score (nSPS) is 18.0. The molecule has 218 valence electrons. The van der Waals surface area contributed by atoms with Gasteiger partial charge < -0.3 is 19.7 Å². The van der Waals surface area contributed by atoms with Crippen LogP contribution in [-0.4, -0.2) is 59.0 Å². The van der Waals surface area contributed by atoms with Crippen LogP contribution in [-0.2, 0) is 18.8 Å². The number of rotatable bonds is 25. The van der Waals surface area contributed by atoms with Crippen LogP contribution in [0.1, 0.15) is 123 Å². The number of aliphatic carboxylic acids is 1. The number of carboxylic acids is 1. The molecule has 0 bridgehead atoms. The molecule has 0 aromatic rings. The minimum atomic E-state index is -2.36. The lowest BCUT2D eigenvalue weighted by Crippen LogP contribution is -2.37. The predicted molar refractivity (Wildman–Crippen MR) is 155 cm³/mol. The third-order valence-corrected chi connectivity index (χ3v) is 9.38. The highest BCUT2D eigenvalue weighted by Crippen LogP contribution is 2.35. The Morgan fingerprint density at radius 1 is 0.946 bits per heavy atom. The average molecular weight is 563 g/mol. The zero-order chi connectivity index (χ0) is 27.2. The SMILES string of the molecule is CCCCC(CCSCCCCCCCCC(C)OCCCOCC(O)(P=O)C(=O)O)C1CCCCC1. The van der Waals surface area contributed by atoms with E-state index in [1.807, 2.05) is 0 Å². The first-order valence-electron chi connectivity index (χ1n) is 15.0. The van der Waals surface area contributed by atoms with Crippen LogP contribution in [0.3, 0.4) is 0 Å². The number of hydrogen-bond donors (Lipinski definition) is 2. The van der Waals surface area contributed by atoms with Crippen LogP contribution in [0.2, 0.25) is 0 Å². The summed E-state index contributed by atoms with van der Waals surface area (Å²) in [6.45, 7) is 4.70. The van der Waals surface area contributed by atoms with E-state index in [1.54, 1.807) is 0 Å². The van der Waals surface area contributed by atoms with Gasteiger partial charge in [0.25, 0.3) is 5.34 Å². The molecule has 0 aromatic heterocycles. The lowest BCUT2D eigenvalue weighted by Gasteiger charge is -2.30. The molecule has 0 radical (unpaired) electrons. The van der Waals surface area contributed by atoms with Crippen molar-refractivity contribution < 1.29 is 29.0 Å². The molecular weight excluding hydrogens is 507 g/mol. The molecule has 1 rings (SSSR count). The highest BCUT2D eigenvalue weighted by molar-refractivity contribution is 7.99. The summed E-state index contributed by atoms with van der Waals surface area (Å²) in [4.78, 5) is 10.8. The predicted octanol–water partition coefficient (Wildman–Crippen LogP) is 8.10. The first-order valence-corrected chi connectivity index (χ1v) is 17.0. The quantitative estimate of drug-likeness (QED) is 0.0857.